The van der Waals surface area contributed by atoms with Crippen LogP contribution in [0.3, 0.4) is 0 Å². The molecule has 0 spiro atoms. The molecule has 7 heteroatoms. The van der Waals surface area contributed by atoms with Crippen LogP contribution in [0.1, 0.15) is 34.3 Å². The van der Waals surface area contributed by atoms with Crippen LogP contribution in [0.4, 0.5) is 0 Å². The van der Waals surface area contributed by atoms with Crippen LogP contribution in [0.5, 0.6) is 0 Å². The Hall–Kier alpha value is -2.12. The molecule has 4 rings (SSSR count). The Labute approximate surface area is 157 Å². The monoisotopic (exact) mass is 373 g/mol. The van der Waals surface area contributed by atoms with Gasteiger partial charge in [-0.3, -0.25) is 14.5 Å². The summed E-state index contributed by atoms with van der Waals surface area (Å²) in [5.41, 5.74) is 0. The molecule has 138 valence electrons. The number of piperazine rings is 1. The lowest BCUT2D eigenvalue weighted by atomic mass is 10.2. The summed E-state index contributed by atoms with van der Waals surface area (Å²) >= 11 is 1.73. The zero-order chi connectivity index (χ0) is 17.9. The fourth-order valence-electron chi connectivity index (χ4n) is 3.79. The molecule has 4 heterocycles. The summed E-state index contributed by atoms with van der Waals surface area (Å²) in [6.07, 6.45) is 3.64. The number of carbonyl (C=O) groups is 2. The van der Waals surface area contributed by atoms with Crippen LogP contribution in [-0.4, -0.2) is 65.8 Å². The molecule has 2 aliphatic heterocycles. The molecule has 2 aromatic rings. The molecule has 26 heavy (non-hydrogen) atoms. The Morgan fingerprint density at radius 3 is 2.65 bits per heavy atom. The maximum Gasteiger partial charge on any atom is 0.289 e. The molecular weight excluding hydrogens is 350 g/mol. The van der Waals surface area contributed by atoms with Crippen molar-refractivity contribution < 1.29 is 14.0 Å². The van der Waals surface area contributed by atoms with E-state index in [-0.39, 0.29) is 17.9 Å². The van der Waals surface area contributed by atoms with Crippen molar-refractivity contribution in [3.8, 4) is 0 Å². The van der Waals surface area contributed by atoms with Gasteiger partial charge in [0.25, 0.3) is 5.91 Å². The van der Waals surface area contributed by atoms with E-state index in [4.69, 9.17) is 4.42 Å². The third-order valence-corrected chi connectivity index (χ3v) is 6.17. The van der Waals surface area contributed by atoms with Crippen molar-refractivity contribution in [2.45, 2.75) is 18.9 Å². The van der Waals surface area contributed by atoms with Crippen LogP contribution in [-0.2, 0) is 4.79 Å². The minimum Gasteiger partial charge on any atom is -0.459 e. The van der Waals surface area contributed by atoms with E-state index in [2.05, 4.69) is 22.4 Å². The zero-order valence-corrected chi connectivity index (χ0v) is 15.5. The molecule has 6 nitrogen and oxygen atoms in total. The number of rotatable bonds is 4. The van der Waals surface area contributed by atoms with Crippen molar-refractivity contribution in [1.82, 2.24) is 14.7 Å². The van der Waals surface area contributed by atoms with Crippen molar-refractivity contribution in [2.24, 2.45) is 0 Å². The molecule has 0 bridgehead atoms. The average Bonchev–Trinajstić information content (AvgIpc) is 3.43. The van der Waals surface area contributed by atoms with E-state index in [1.807, 2.05) is 4.90 Å². The van der Waals surface area contributed by atoms with E-state index in [0.717, 1.165) is 32.5 Å². The number of furan rings is 1. The van der Waals surface area contributed by atoms with Crippen LogP contribution in [0.25, 0.3) is 0 Å². The van der Waals surface area contributed by atoms with Gasteiger partial charge in [0, 0.05) is 37.6 Å². The SMILES string of the molecule is O=C(c1ccco1)N1CCN(CC(=O)N2CCCC2c2cccs2)CC1. The maximum atomic E-state index is 12.8. The van der Waals surface area contributed by atoms with Gasteiger partial charge in [-0.2, -0.15) is 0 Å². The van der Waals surface area contributed by atoms with Gasteiger partial charge in [0.2, 0.25) is 5.91 Å². The third kappa shape index (κ3) is 3.54. The zero-order valence-electron chi connectivity index (χ0n) is 14.7. The number of likely N-dealkylation sites (tertiary alicyclic amines) is 1. The molecule has 1 atom stereocenters. The van der Waals surface area contributed by atoms with E-state index in [0.29, 0.717) is 25.4 Å². The predicted octanol–water partition coefficient (Wildman–Crippen LogP) is 2.46. The fraction of sp³-hybridized carbons (Fsp3) is 0.474. The lowest BCUT2D eigenvalue weighted by molar-refractivity contribution is -0.133. The summed E-state index contributed by atoms with van der Waals surface area (Å²) in [7, 11) is 0. The first-order valence-electron chi connectivity index (χ1n) is 9.10. The molecule has 0 aromatic carbocycles. The molecule has 0 aliphatic carbocycles. The predicted molar refractivity (Wildman–Crippen MR) is 99.1 cm³/mol. The Morgan fingerprint density at radius 1 is 1.12 bits per heavy atom. The molecule has 2 saturated heterocycles. The Balaban J connectivity index is 1.30. The molecule has 1 unspecified atom stereocenters. The lowest BCUT2D eigenvalue weighted by Gasteiger charge is -2.35. The van der Waals surface area contributed by atoms with E-state index < -0.39 is 0 Å². The number of thiophene rings is 1. The Morgan fingerprint density at radius 2 is 1.96 bits per heavy atom. The highest BCUT2D eigenvalue weighted by atomic mass is 32.1. The van der Waals surface area contributed by atoms with Gasteiger partial charge < -0.3 is 14.2 Å². The molecule has 0 radical (unpaired) electrons. The van der Waals surface area contributed by atoms with Gasteiger partial charge in [-0.1, -0.05) is 6.07 Å². The van der Waals surface area contributed by atoms with E-state index in [9.17, 15) is 9.59 Å². The summed E-state index contributed by atoms with van der Waals surface area (Å²) in [6.45, 7) is 3.97. The quantitative estimate of drug-likeness (QED) is 0.826. The van der Waals surface area contributed by atoms with Gasteiger partial charge in [0.1, 0.15) is 0 Å². The molecular formula is C19H23N3O3S. The number of nitrogens with zero attached hydrogens (tertiary/aromatic N) is 3. The highest BCUT2D eigenvalue weighted by Crippen LogP contribution is 2.34. The molecule has 2 fully saturated rings. The van der Waals surface area contributed by atoms with Crippen molar-refractivity contribution in [1.29, 1.82) is 0 Å². The van der Waals surface area contributed by atoms with Crippen LogP contribution in [0, 0.1) is 0 Å². The van der Waals surface area contributed by atoms with Gasteiger partial charge in [0.05, 0.1) is 18.8 Å². The lowest BCUT2D eigenvalue weighted by Crippen LogP contribution is -2.51. The molecule has 2 amide bonds. The van der Waals surface area contributed by atoms with Gasteiger partial charge in [-0.05, 0) is 36.4 Å². The van der Waals surface area contributed by atoms with Crippen molar-refractivity contribution in [3.63, 3.8) is 0 Å². The molecule has 2 aliphatic rings. The Bertz CT molecular complexity index is 736. The first-order chi connectivity index (χ1) is 12.7. The van der Waals surface area contributed by atoms with Gasteiger partial charge in [-0.25, -0.2) is 0 Å². The summed E-state index contributed by atoms with van der Waals surface area (Å²) in [5, 5.41) is 2.07. The minimum atomic E-state index is -0.0710. The second-order valence-electron chi connectivity index (χ2n) is 6.81. The average molecular weight is 373 g/mol. The largest absolute Gasteiger partial charge is 0.459 e. The van der Waals surface area contributed by atoms with Crippen LogP contribution in [0.15, 0.2) is 40.3 Å². The molecule has 2 aromatic heterocycles. The number of carbonyl (C=O) groups excluding carboxylic acids is 2. The maximum absolute atomic E-state index is 12.8. The van der Waals surface area contributed by atoms with Gasteiger partial charge in [0.15, 0.2) is 5.76 Å². The summed E-state index contributed by atoms with van der Waals surface area (Å²) in [4.78, 5) is 32.4. The summed E-state index contributed by atoms with van der Waals surface area (Å²) in [5.74, 6) is 0.510. The molecule has 0 saturated carbocycles. The number of hydrogen-bond acceptors (Lipinski definition) is 5. The standard InChI is InChI=1S/C19H23N3O3S/c23-18(22-7-1-4-15(22)17-6-3-13-26-17)14-20-8-10-21(11-9-20)19(24)16-5-2-12-25-16/h2-3,5-6,12-13,15H,1,4,7-11,14H2. The normalized spacial score (nSPS) is 21.3. The number of amides is 2. The van der Waals surface area contributed by atoms with Gasteiger partial charge >= 0.3 is 0 Å². The highest BCUT2D eigenvalue weighted by molar-refractivity contribution is 7.10. The molecule has 0 N–H and O–H groups in total. The minimum absolute atomic E-state index is 0.0710. The van der Waals surface area contributed by atoms with E-state index in [1.165, 1.54) is 11.1 Å². The van der Waals surface area contributed by atoms with E-state index >= 15 is 0 Å². The van der Waals surface area contributed by atoms with Gasteiger partial charge in [-0.15, -0.1) is 11.3 Å². The summed E-state index contributed by atoms with van der Waals surface area (Å²) in [6, 6.07) is 7.83. The second-order valence-corrected chi connectivity index (χ2v) is 7.79. The third-order valence-electron chi connectivity index (χ3n) is 5.20. The first kappa shape index (κ1) is 17.3. The number of hydrogen-bond donors (Lipinski definition) is 0. The van der Waals surface area contributed by atoms with Crippen molar-refractivity contribution in [2.75, 3.05) is 39.3 Å². The van der Waals surface area contributed by atoms with Crippen LogP contribution in [0.2, 0.25) is 0 Å². The smallest absolute Gasteiger partial charge is 0.289 e. The topological polar surface area (TPSA) is 57.0 Å². The van der Waals surface area contributed by atoms with E-state index in [1.54, 1.807) is 28.4 Å². The van der Waals surface area contributed by atoms with Crippen molar-refractivity contribution >= 4 is 23.2 Å². The Kier molecular flexibility index (Phi) is 5.08. The van der Waals surface area contributed by atoms with Crippen molar-refractivity contribution in [3.05, 3.63) is 46.5 Å². The first-order valence-corrected chi connectivity index (χ1v) is 9.98. The summed E-state index contributed by atoms with van der Waals surface area (Å²) < 4.78 is 5.19. The van der Waals surface area contributed by atoms with Crippen LogP contribution >= 0.6 is 11.3 Å². The highest BCUT2D eigenvalue weighted by Gasteiger charge is 2.32. The second kappa shape index (κ2) is 7.63. The fourth-order valence-corrected chi connectivity index (χ4v) is 4.66. The van der Waals surface area contributed by atoms with Crippen LogP contribution < -0.4 is 0 Å².